The van der Waals surface area contributed by atoms with Gasteiger partial charge in [-0.25, -0.2) is 0 Å². The van der Waals surface area contributed by atoms with Crippen molar-refractivity contribution in [3.8, 4) is 0 Å². The van der Waals surface area contributed by atoms with Gasteiger partial charge in [-0.05, 0) is 63.7 Å². The smallest absolute Gasteiger partial charge is 0.187 e. The van der Waals surface area contributed by atoms with Crippen molar-refractivity contribution in [1.29, 1.82) is 0 Å². The fourth-order valence-corrected chi connectivity index (χ4v) is 6.95. The van der Waals surface area contributed by atoms with Crippen molar-refractivity contribution in [2.24, 2.45) is 17.8 Å². The van der Waals surface area contributed by atoms with Crippen molar-refractivity contribution in [2.75, 3.05) is 13.2 Å². The van der Waals surface area contributed by atoms with Crippen LogP contribution in [0.1, 0.15) is 46.0 Å². The molecule has 0 aromatic carbocycles. The predicted octanol–water partition coefficient (Wildman–Crippen LogP) is 3.50. The largest absolute Gasteiger partial charge is 0.370 e. The molecule has 5 rings (SSSR count). The molecule has 4 saturated carbocycles. The second-order valence-corrected chi connectivity index (χ2v) is 8.85. The molecule has 0 aromatic rings. The lowest BCUT2D eigenvalue weighted by Crippen LogP contribution is -2.78. The minimum Gasteiger partial charge on any atom is -0.370 e. The van der Waals surface area contributed by atoms with Gasteiger partial charge in [0.05, 0.1) is 0 Å². The molecule has 5 aliphatic rings. The second kappa shape index (κ2) is 4.68. The summed E-state index contributed by atoms with van der Waals surface area (Å²) in [4.78, 5) is 0. The zero-order chi connectivity index (χ0) is 14.0. The first kappa shape index (κ1) is 14.0. The Labute approximate surface area is 129 Å². The van der Waals surface area contributed by atoms with Gasteiger partial charge in [0.1, 0.15) is 11.7 Å². The minimum atomic E-state index is -0.135. The molecular weight excluding hydrogens is 320 g/mol. The van der Waals surface area contributed by atoms with E-state index >= 15 is 0 Å². The van der Waals surface area contributed by atoms with Crippen LogP contribution in [0.5, 0.6) is 0 Å². The second-order valence-electron chi connectivity index (χ2n) is 7.17. The molecule has 0 aromatic heterocycles. The molecule has 7 atom stereocenters. The van der Waals surface area contributed by atoms with Crippen molar-refractivity contribution >= 4 is 15.9 Å². The van der Waals surface area contributed by atoms with Crippen LogP contribution in [-0.4, -0.2) is 35.5 Å². The average Bonchev–Trinajstić information content (AvgIpc) is 2.37. The lowest BCUT2D eigenvalue weighted by Gasteiger charge is -2.70. The molecule has 1 heterocycles. The molecule has 114 valence electrons. The van der Waals surface area contributed by atoms with Crippen molar-refractivity contribution in [1.82, 2.24) is 0 Å². The quantitative estimate of drug-likeness (QED) is 0.730. The topological polar surface area (TPSA) is 27.7 Å². The van der Waals surface area contributed by atoms with Crippen molar-refractivity contribution in [2.45, 2.75) is 68.3 Å². The molecule has 4 aliphatic carbocycles. The minimum absolute atomic E-state index is 0.0377. The Hall–Kier alpha value is 0.360. The summed E-state index contributed by atoms with van der Waals surface area (Å²) in [6, 6.07) is 0. The summed E-state index contributed by atoms with van der Waals surface area (Å²) in [5.41, 5.74) is -0.0377. The maximum absolute atomic E-state index is 6.39. The number of halogens is 1. The van der Waals surface area contributed by atoms with E-state index in [9.17, 15) is 0 Å². The summed E-state index contributed by atoms with van der Waals surface area (Å²) in [6.45, 7) is 5.56. The van der Waals surface area contributed by atoms with E-state index in [1.54, 1.807) is 0 Å². The van der Waals surface area contributed by atoms with Crippen LogP contribution in [0.2, 0.25) is 0 Å². The number of hydrogen-bond donors (Lipinski definition) is 0. The fraction of sp³-hybridized carbons (Fsp3) is 1.00. The Kier molecular flexibility index (Phi) is 3.27. The van der Waals surface area contributed by atoms with Gasteiger partial charge in [0, 0.05) is 17.5 Å². The molecule has 3 unspecified atom stereocenters. The average molecular weight is 345 g/mol. The summed E-state index contributed by atoms with van der Waals surface area (Å²) >= 11 is 4.04. The molecule has 3 nitrogen and oxygen atoms in total. The van der Waals surface area contributed by atoms with Crippen LogP contribution < -0.4 is 0 Å². The third kappa shape index (κ3) is 1.74. The Morgan fingerprint density at radius 3 is 2.25 bits per heavy atom. The van der Waals surface area contributed by atoms with Gasteiger partial charge >= 0.3 is 0 Å². The molecule has 1 aliphatic heterocycles. The predicted molar refractivity (Wildman–Crippen MR) is 79.9 cm³/mol. The highest BCUT2D eigenvalue weighted by molar-refractivity contribution is 9.10. The zero-order valence-corrected chi connectivity index (χ0v) is 14.0. The maximum atomic E-state index is 6.39. The van der Waals surface area contributed by atoms with Crippen molar-refractivity contribution in [3.05, 3.63) is 0 Å². The van der Waals surface area contributed by atoms with Gasteiger partial charge < -0.3 is 14.2 Å². The van der Waals surface area contributed by atoms with Gasteiger partial charge in [-0.3, -0.25) is 0 Å². The van der Waals surface area contributed by atoms with Gasteiger partial charge in [-0.15, -0.1) is 0 Å². The Bertz CT molecular complexity index is 383. The maximum Gasteiger partial charge on any atom is 0.187 e. The highest BCUT2D eigenvalue weighted by Gasteiger charge is 2.72. The van der Waals surface area contributed by atoms with E-state index in [0.717, 1.165) is 12.5 Å². The fourth-order valence-electron chi connectivity index (χ4n) is 5.71. The molecule has 20 heavy (non-hydrogen) atoms. The van der Waals surface area contributed by atoms with Crippen molar-refractivity contribution < 1.29 is 14.2 Å². The van der Waals surface area contributed by atoms with Gasteiger partial charge in [-0.1, -0.05) is 15.9 Å². The van der Waals surface area contributed by atoms with Crippen LogP contribution in [0.25, 0.3) is 0 Å². The van der Waals surface area contributed by atoms with Gasteiger partial charge in [0.25, 0.3) is 0 Å². The molecule has 0 radical (unpaired) electrons. The van der Waals surface area contributed by atoms with E-state index in [0.29, 0.717) is 22.8 Å². The summed E-state index contributed by atoms with van der Waals surface area (Å²) in [7, 11) is 0. The van der Waals surface area contributed by atoms with Gasteiger partial charge in [0.2, 0.25) is 0 Å². The van der Waals surface area contributed by atoms with Crippen LogP contribution >= 0.6 is 15.9 Å². The third-order valence-electron chi connectivity index (χ3n) is 6.08. The van der Waals surface area contributed by atoms with Crippen molar-refractivity contribution in [3.63, 3.8) is 0 Å². The van der Waals surface area contributed by atoms with Crippen LogP contribution in [0.3, 0.4) is 0 Å². The highest BCUT2D eigenvalue weighted by atomic mass is 79.9. The lowest BCUT2D eigenvalue weighted by molar-refractivity contribution is -0.426. The number of alkyl halides is 1. The highest BCUT2D eigenvalue weighted by Crippen LogP contribution is 2.67. The molecule has 4 bridgehead atoms. The SMILES string of the molecule is CCO[C@H]1OC2([C@@H]3CC4C[C@H]2CC(Br)(C4)C3)[C@@H]1OCC. The third-order valence-corrected chi connectivity index (χ3v) is 7.05. The Morgan fingerprint density at radius 1 is 1.05 bits per heavy atom. The summed E-state index contributed by atoms with van der Waals surface area (Å²) in [5.74, 6) is 2.21. The van der Waals surface area contributed by atoms with E-state index in [4.69, 9.17) is 14.2 Å². The summed E-state index contributed by atoms with van der Waals surface area (Å²) in [5, 5.41) is 0. The lowest BCUT2D eigenvalue weighted by atomic mass is 9.47. The molecule has 1 spiro atoms. The van der Waals surface area contributed by atoms with Crippen LogP contribution in [0.15, 0.2) is 0 Å². The molecule has 5 fully saturated rings. The van der Waals surface area contributed by atoms with Crippen LogP contribution in [0, 0.1) is 17.8 Å². The number of rotatable bonds is 4. The molecular formula is C16H25BrO3. The first-order chi connectivity index (χ1) is 9.61. The number of ether oxygens (including phenoxy) is 3. The first-order valence-corrected chi connectivity index (χ1v) is 9.00. The molecule has 0 N–H and O–H groups in total. The van der Waals surface area contributed by atoms with Crippen LogP contribution in [-0.2, 0) is 14.2 Å². The Balaban J connectivity index is 1.61. The van der Waals surface area contributed by atoms with E-state index in [1.807, 2.05) is 6.92 Å². The summed E-state index contributed by atoms with van der Waals surface area (Å²) in [6.07, 6.45) is 6.54. The Morgan fingerprint density at radius 2 is 1.70 bits per heavy atom. The normalized spacial score (nSPS) is 56.2. The molecule has 4 heteroatoms. The number of hydrogen-bond acceptors (Lipinski definition) is 3. The molecule has 0 amide bonds. The van der Waals surface area contributed by atoms with Crippen LogP contribution in [0.4, 0.5) is 0 Å². The zero-order valence-electron chi connectivity index (χ0n) is 12.4. The standard InChI is InChI=1S/C16H25BrO3/c1-3-18-13-14(19-4-2)20-16(13)11-5-10-6-12(16)9-15(17,7-10)8-11/h10-14H,3-9H2,1-2H3/t10?,11-,12+,13-,14+,15?,16?/m1/s1. The monoisotopic (exact) mass is 344 g/mol. The molecule has 1 saturated heterocycles. The van der Waals surface area contributed by atoms with Gasteiger partial charge in [-0.2, -0.15) is 0 Å². The van der Waals surface area contributed by atoms with E-state index in [1.165, 1.54) is 32.1 Å². The van der Waals surface area contributed by atoms with E-state index in [2.05, 4.69) is 22.9 Å². The first-order valence-electron chi connectivity index (χ1n) is 8.21. The summed E-state index contributed by atoms with van der Waals surface area (Å²) < 4.78 is 18.6. The van der Waals surface area contributed by atoms with E-state index in [-0.39, 0.29) is 18.0 Å². The van der Waals surface area contributed by atoms with Gasteiger partial charge in [0.15, 0.2) is 6.29 Å². The van der Waals surface area contributed by atoms with E-state index < -0.39 is 0 Å².